The minimum Gasteiger partial charge on any atom is -0.294 e. The number of hydrogen-bond acceptors (Lipinski definition) is 4. The van der Waals surface area contributed by atoms with Crippen molar-refractivity contribution in [3.63, 3.8) is 0 Å². The number of rotatable bonds is 5. The Bertz CT molecular complexity index is 376. The highest BCUT2D eigenvalue weighted by atomic mass is 16.6. The molecule has 16 heavy (non-hydrogen) atoms. The first-order valence-electron chi connectivity index (χ1n) is 4.90. The van der Waals surface area contributed by atoms with Crippen molar-refractivity contribution >= 4 is 5.78 Å². The van der Waals surface area contributed by atoms with E-state index in [2.05, 4.69) is 0 Å². The smallest absolute Gasteiger partial charge is 0.275 e. The van der Waals surface area contributed by atoms with E-state index in [1.165, 1.54) is 4.90 Å². The summed E-state index contributed by atoms with van der Waals surface area (Å²) in [5, 5.41) is 10.7. The Morgan fingerprint density at radius 1 is 1.38 bits per heavy atom. The lowest BCUT2D eigenvalue weighted by atomic mass is 10.1. The maximum absolute atomic E-state index is 11.7. The molecule has 0 saturated carbocycles. The quantitative estimate of drug-likeness (QED) is 0.327. The Morgan fingerprint density at radius 2 is 1.94 bits per heavy atom. The molecular weight excluding hydrogens is 208 g/mol. The average Bonchev–Trinajstić information content (AvgIpc) is 2.25. The van der Waals surface area contributed by atoms with Crippen molar-refractivity contribution < 1.29 is 9.72 Å². The number of carbonyl (C=O) groups excluding carboxylic acids is 1. The van der Waals surface area contributed by atoms with E-state index in [-0.39, 0.29) is 12.2 Å². The molecule has 0 aliphatic carbocycles. The van der Waals surface area contributed by atoms with Gasteiger partial charge in [-0.05, 0) is 14.1 Å². The van der Waals surface area contributed by atoms with Crippen LogP contribution in [0.3, 0.4) is 0 Å². The minimum atomic E-state index is -0.965. The maximum atomic E-state index is 11.7. The van der Waals surface area contributed by atoms with Crippen molar-refractivity contribution in [2.45, 2.75) is 12.6 Å². The van der Waals surface area contributed by atoms with Gasteiger partial charge in [-0.3, -0.25) is 14.9 Å². The highest BCUT2D eigenvalue weighted by Gasteiger charge is 2.26. The van der Waals surface area contributed by atoms with Crippen LogP contribution in [0.2, 0.25) is 0 Å². The Balaban J connectivity index is 2.74. The molecule has 0 saturated heterocycles. The van der Waals surface area contributed by atoms with Gasteiger partial charge in [0.1, 0.15) is 0 Å². The fraction of sp³-hybridized carbons (Fsp3) is 0.364. The molecule has 0 spiro atoms. The van der Waals surface area contributed by atoms with Gasteiger partial charge in [-0.15, -0.1) is 0 Å². The second-order valence-electron chi connectivity index (χ2n) is 3.72. The topological polar surface area (TPSA) is 63.5 Å². The largest absolute Gasteiger partial charge is 0.294 e. The van der Waals surface area contributed by atoms with Gasteiger partial charge in [-0.2, -0.15) is 0 Å². The number of ketones is 1. The molecule has 5 heteroatoms. The van der Waals surface area contributed by atoms with Crippen LogP contribution in [0.5, 0.6) is 0 Å². The summed E-state index contributed by atoms with van der Waals surface area (Å²) in [5.74, 6) is -0.212. The zero-order chi connectivity index (χ0) is 12.1. The van der Waals surface area contributed by atoms with Gasteiger partial charge < -0.3 is 0 Å². The molecule has 0 amide bonds. The van der Waals surface area contributed by atoms with Crippen molar-refractivity contribution in [1.29, 1.82) is 0 Å². The van der Waals surface area contributed by atoms with Gasteiger partial charge >= 0.3 is 0 Å². The third-order valence-electron chi connectivity index (χ3n) is 2.30. The molecule has 0 radical (unpaired) electrons. The molecule has 1 rings (SSSR count). The molecule has 1 atom stereocenters. The zero-order valence-corrected chi connectivity index (χ0v) is 9.29. The Morgan fingerprint density at radius 3 is 2.38 bits per heavy atom. The summed E-state index contributed by atoms with van der Waals surface area (Å²) in [6.45, 7) is 0. The minimum absolute atomic E-state index is 0.107. The average molecular weight is 222 g/mol. The summed E-state index contributed by atoms with van der Waals surface area (Å²) in [4.78, 5) is 23.4. The number of nitrogens with zero attached hydrogens (tertiary/aromatic N) is 2. The first-order chi connectivity index (χ1) is 7.52. The van der Waals surface area contributed by atoms with Gasteiger partial charge in [0.2, 0.25) is 0 Å². The van der Waals surface area contributed by atoms with Gasteiger partial charge in [-0.1, -0.05) is 30.3 Å². The number of nitro groups is 1. The van der Waals surface area contributed by atoms with E-state index in [0.29, 0.717) is 5.56 Å². The fourth-order valence-corrected chi connectivity index (χ4v) is 1.35. The SMILES string of the molecule is CN(C)C(CC(=O)c1ccccc1)[N+](=O)[O-]. The monoisotopic (exact) mass is 222 g/mol. The van der Waals surface area contributed by atoms with Gasteiger partial charge in [0.15, 0.2) is 5.78 Å². The first kappa shape index (κ1) is 12.3. The summed E-state index contributed by atoms with van der Waals surface area (Å²) >= 11 is 0. The number of carbonyl (C=O) groups is 1. The van der Waals surface area contributed by atoms with Crippen LogP contribution in [0.15, 0.2) is 30.3 Å². The third kappa shape index (κ3) is 3.13. The van der Waals surface area contributed by atoms with E-state index in [0.717, 1.165) is 0 Å². The summed E-state index contributed by atoms with van der Waals surface area (Å²) in [6, 6.07) is 8.60. The predicted molar refractivity (Wildman–Crippen MR) is 59.9 cm³/mol. The molecule has 0 heterocycles. The molecule has 1 aromatic carbocycles. The van der Waals surface area contributed by atoms with Crippen LogP contribution in [-0.2, 0) is 0 Å². The summed E-state index contributed by atoms with van der Waals surface area (Å²) in [5.41, 5.74) is 0.510. The normalized spacial score (nSPS) is 12.4. The first-order valence-corrected chi connectivity index (χ1v) is 4.90. The van der Waals surface area contributed by atoms with E-state index in [1.54, 1.807) is 44.4 Å². The van der Waals surface area contributed by atoms with Crippen LogP contribution >= 0.6 is 0 Å². The predicted octanol–water partition coefficient (Wildman–Crippen LogP) is 1.42. The summed E-state index contributed by atoms with van der Waals surface area (Å²) in [6.07, 6.45) is -1.07. The van der Waals surface area contributed by atoms with E-state index in [1.807, 2.05) is 0 Å². The molecule has 0 aliphatic rings. The van der Waals surface area contributed by atoms with E-state index in [9.17, 15) is 14.9 Å². The van der Waals surface area contributed by atoms with Crippen molar-refractivity contribution in [3.8, 4) is 0 Å². The molecule has 5 nitrogen and oxygen atoms in total. The van der Waals surface area contributed by atoms with Crippen molar-refractivity contribution in [1.82, 2.24) is 4.90 Å². The van der Waals surface area contributed by atoms with Crippen LogP contribution in [0.1, 0.15) is 16.8 Å². The summed E-state index contributed by atoms with van der Waals surface area (Å²) in [7, 11) is 3.18. The van der Waals surface area contributed by atoms with Crippen LogP contribution in [0.4, 0.5) is 0 Å². The van der Waals surface area contributed by atoms with Crippen LogP contribution in [-0.4, -0.2) is 35.9 Å². The van der Waals surface area contributed by atoms with Crippen molar-refractivity contribution in [2.24, 2.45) is 0 Å². The van der Waals surface area contributed by atoms with Crippen molar-refractivity contribution in [3.05, 3.63) is 46.0 Å². The van der Waals surface area contributed by atoms with Gasteiger partial charge in [0, 0.05) is 10.5 Å². The molecule has 0 N–H and O–H groups in total. The second kappa shape index (κ2) is 5.37. The molecular formula is C11H14N2O3. The van der Waals surface area contributed by atoms with E-state index < -0.39 is 11.1 Å². The Hall–Kier alpha value is -1.75. The molecule has 0 bridgehead atoms. The lowest BCUT2D eigenvalue weighted by Gasteiger charge is -2.15. The fourth-order valence-electron chi connectivity index (χ4n) is 1.35. The molecule has 1 unspecified atom stereocenters. The lowest BCUT2D eigenvalue weighted by Crippen LogP contribution is -2.37. The number of hydrogen-bond donors (Lipinski definition) is 0. The van der Waals surface area contributed by atoms with Crippen molar-refractivity contribution in [2.75, 3.05) is 14.1 Å². The number of Topliss-reactive ketones (excluding diaryl/α,β-unsaturated/α-hetero) is 1. The van der Waals surface area contributed by atoms with Gasteiger partial charge in [0.05, 0.1) is 6.42 Å². The molecule has 0 aliphatic heterocycles. The van der Waals surface area contributed by atoms with Gasteiger partial charge in [-0.25, -0.2) is 4.90 Å². The highest BCUT2D eigenvalue weighted by molar-refractivity contribution is 5.96. The Labute approximate surface area is 93.8 Å². The van der Waals surface area contributed by atoms with Crippen LogP contribution < -0.4 is 0 Å². The number of benzene rings is 1. The Kier molecular flexibility index (Phi) is 4.13. The molecule has 0 fully saturated rings. The zero-order valence-electron chi connectivity index (χ0n) is 9.29. The van der Waals surface area contributed by atoms with Crippen LogP contribution in [0, 0.1) is 10.1 Å². The molecule has 0 aromatic heterocycles. The molecule has 1 aromatic rings. The second-order valence-corrected chi connectivity index (χ2v) is 3.72. The highest BCUT2D eigenvalue weighted by Crippen LogP contribution is 2.08. The van der Waals surface area contributed by atoms with Gasteiger partial charge in [0.25, 0.3) is 6.17 Å². The third-order valence-corrected chi connectivity index (χ3v) is 2.30. The summed E-state index contributed by atoms with van der Waals surface area (Å²) < 4.78 is 0. The van der Waals surface area contributed by atoms with Crippen LogP contribution in [0.25, 0.3) is 0 Å². The maximum Gasteiger partial charge on any atom is 0.275 e. The molecule has 86 valence electrons. The standard InChI is InChI=1S/C11H14N2O3/c1-12(2)11(13(15)16)8-10(14)9-6-4-3-5-7-9/h3-7,11H,8H2,1-2H3. The lowest BCUT2D eigenvalue weighted by molar-refractivity contribution is -0.546. The van der Waals surface area contributed by atoms with E-state index in [4.69, 9.17) is 0 Å². The van der Waals surface area contributed by atoms with E-state index >= 15 is 0 Å².